The van der Waals surface area contributed by atoms with Crippen molar-refractivity contribution >= 4 is 79.8 Å². The highest BCUT2D eigenvalue weighted by Gasteiger charge is 2.43. The summed E-state index contributed by atoms with van der Waals surface area (Å²) < 4.78 is 0.515. The van der Waals surface area contributed by atoms with E-state index in [1.165, 1.54) is 34.1 Å². The number of benzene rings is 2. The number of amides is 2. The second-order valence-electron chi connectivity index (χ2n) is 5.72. The molecule has 2 heterocycles. The summed E-state index contributed by atoms with van der Waals surface area (Å²) in [5.41, 5.74) is 0.835. The number of thiocarbonyl (C=S) groups is 2. The zero-order valence-electron chi connectivity index (χ0n) is 13.9. The van der Waals surface area contributed by atoms with E-state index in [1.54, 1.807) is 24.3 Å². The Morgan fingerprint density at radius 3 is 1.46 bits per heavy atom. The SMILES string of the molecule is O=C1/C(=C2\SC(=S)N(c3cccc(O)c3)C2=O)SC(=S)N1c1cccc(O)c1. The standard InChI is InChI=1S/C18H10N2O4S4/c21-11-5-1-3-9(7-11)19-15(23)13(27-17(19)25)14-16(24)20(18(26)28-14)10-4-2-6-12(22)8-10/h1-8,21-22H/b14-13+. The monoisotopic (exact) mass is 446 g/mol. The molecule has 2 saturated heterocycles. The lowest BCUT2D eigenvalue weighted by Crippen LogP contribution is -2.29. The minimum atomic E-state index is -0.447. The van der Waals surface area contributed by atoms with Crippen LogP contribution in [0, 0.1) is 0 Å². The van der Waals surface area contributed by atoms with Crippen LogP contribution in [0.1, 0.15) is 0 Å². The average molecular weight is 447 g/mol. The maximum atomic E-state index is 13.0. The van der Waals surface area contributed by atoms with Crippen molar-refractivity contribution in [3.63, 3.8) is 0 Å². The molecule has 2 aliphatic heterocycles. The largest absolute Gasteiger partial charge is 0.508 e. The van der Waals surface area contributed by atoms with Gasteiger partial charge in [-0.05, 0) is 24.3 Å². The Labute approximate surface area is 178 Å². The fourth-order valence-electron chi connectivity index (χ4n) is 2.72. The molecule has 2 fully saturated rings. The molecule has 0 spiro atoms. The van der Waals surface area contributed by atoms with E-state index < -0.39 is 11.8 Å². The maximum absolute atomic E-state index is 13.0. The first kappa shape index (κ1) is 18.9. The van der Waals surface area contributed by atoms with Crippen molar-refractivity contribution in [1.29, 1.82) is 0 Å². The fourth-order valence-corrected chi connectivity index (χ4v) is 5.47. The molecule has 2 amide bonds. The zero-order chi connectivity index (χ0) is 20.0. The van der Waals surface area contributed by atoms with Gasteiger partial charge in [-0.2, -0.15) is 0 Å². The third-order valence-electron chi connectivity index (χ3n) is 3.92. The topological polar surface area (TPSA) is 81.1 Å². The number of thioether (sulfide) groups is 2. The van der Waals surface area contributed by atoms with E-state index in [1.807, 2.05) is 0 Å². The molecule has 0 bridgehead atoms. The van der Waals surface area contributed by atoms with E-state index in [-0.39, 0.29) is 30.0 Å². The van der Waals surface area contributed by atoms with Crippen LogP contribution in [-0.2, 0) is 9.59 Å². The summed E-state index contributed by atoms with van der Waals surface area (Å²) in [7, 11) is 0. The first-order valence-electron chi connectivity index (χ1n) is 7.81. The van der Waals surface area contributed by atoms with Gasteiger partial charge >= 0.3 is 0 Å². The van der Waals surface area contributed by atoms with Crippen LogP contribution >= 0.6 is 48.0 Å². The molecule has 2 N–H and O–H groups in total. The molecule has 2 aliphatic rings. The molecule has 2 aromatic rings. The number of anilines is 2. The van der Waals surface area contributed by atoms with Crippen LogP contribution in [-0.4, -0.2) is 30.7 Å². The lowest BCUT2D eigenvalue weighted by atomic mass is 10.2. The number of aromatic hydroxyl groups is 2. The Bertz CT molecular complexity index is 1010. The van der Waals surface area contributed by atoms with E-state index in [4.69, 9.17) is 24.4 Å². The predicted octanol–water partition coefficient (Wildman–Crippen LogP) is 3.74. The molecular weight excluding hydrogens is 436 g/mol. The molecule has 0 radical (unpaired) electrons. The van der Waals surface area contributed by atoms with Crippen LogP contribution < -0.4 is 9.80 Å². The van der Waals surface area contributed by atoms with Crippen molar-refractivity contribution in [2.24, 2.45) is 0 Å². The third kappa shape index (κ3) is 3.18. The summed E-state index contributed by atoms with van der Waals surface area (Å²) in [6, 6.07) is 12.3. The van der Waals surface area contributed by atoms with Crippen LogP contribution in [0.25, 0.3) is 0 Å². The fraction of sp³-hybridized carbons (Fsp3) is 0. The smallest absolute Gasteiger partial charge is 0.272 e. The number of nitrogens with zero attached hydrogens (tertiary/aromatic N) is 2. The molecule has 0 aliphatic carbocycles. The number of phenols is 2. The molecule has 0 atom stereocenters. The van der Waals surface area contributed by atoms with Gasteiger partial charge in [-0.25, -0.2) is 0 Å². The molecular formula is C18H10N2O4S4. The Kier molecular flexibility index (Phi) is 4.88. The lowest BCUT2D eigenvalue weighted by molar-refractivity contribution is -0.115. The highest BCUT2D eigenvalue weighted by atomic mass is 32.2. The second-order valence-corrected chi connectivity index (χ2v) is 9.00. The highest BCUT2D eigenvalue weighted by Crippen LogP contribution is 2.45. The van der Waals surface area contributed by atoms with Gasteiger partial charge in [0.05, 0.1) is 21.2 Å². The number of carbonyl (C=O) groups excluding carboxylic acids is 2. The third-order valence-corrected chi connectivity index (χ3v) is 6.80. The van der Waals surface area contributed by atoms with Gasteiger partial charge in [0.25, 0.3) is 11.8 Å². The van der Waals surface area contributed by atoms with Gasteiger partial charge in [0.1, 0.15) is 11.5 Å². The van der Waals surface area contributed by atoms with Crippen molar-refractivity contribution in [3.8, 4) is 11.5 Å². The van der Waals surface area contributed by atoms with E-state index in [0.29, 0.717) is 11.4 Å². The average Bonchev–Trinajstić information content (AvgIpc) is 3.10. The molecule has 0 unspecified atom stereocenters. The molecule has 10 heteroatoms. The Morgan fingerprint density at radius 2 is 1.11 bits per heavy atom. The molecule has 4 rings (SSSR count). The van der Waals surface area contributed by atoms with Crippen LogP contribution in [0.5, 0.6) is 11.5 Å². The van der Waals surface area contributed by atoms with Gasteiger partial charge < -0.3 is 10.2 Å². The number of hydrogen-bond donors (Lipinski definition) is 2. The predicted molar refractivity (Wildman–Crippen MR) is 119 cm³/mol. The number of phenolic OH excluding ortho intramolecular Hbond substituents is 2. The summed E-state index contributed by atoms with van der Waals surface area (Å²) in [6.45, 7) is 0. The number of hydrogen-bond acceptors (Lipinski definition) is 8. The molecule has 0 saturated carbocycles. The van der Waals surface area contributed by atoms with E-state index >= 15 is 0 Å². The summed E-state index contributed by atoms with van der Waals surface area (Å²) >= 11 is 12.7. The molecule has 140 valence electrons. The van der Waals surface area contributed by atoms with Gasteiger partial charge in [0, 0.05) is 12.1 Å². The number of carbonyl (C=O) groups is 2. The van der Waals surface area contributed by atoms with Gasteiger partial charge in [0.2, 0.25) is 0 Å². The van der Waals surface area contributed by atoms with Crippen molar-refractivity contribution in [2.45, 2.75) is 0 Å². The van der Waals surface area contributed by atoms with Gasteiger partial charge in [-0.1, -0.05) is 60.1 Å². The molecule has 6 nitrogen and oxygen atoms in total. The summed E-state index contributed by atoms with van der Waals surface area (Å²) in [4.78, 5) is 28.9. The zero-order valence-corrected chi connectivity index (χ0v) is 17.1. The second kappa shape index (κ2) is 7.21. The van der Waals surface area contributed by atoms with E-state index in [9.17, 15) is 19.8 Å². The van der Waals surface area contributed by atoms with Gasteiger partial charge in [-0.3, -0.25) is 19.4 Å². The minimum absolute atomic E-state index is 0.00163. The quantitative estimate of drug-likeness (QED) is 0.533. The van der Waals surface area contributed by atoms with E-state index in [2.05, 4.69) is 0 Å². The van der Waals surface area contributed by atoms with E-state index in [0.717, 1.165) is 23.5 Å². The summed E-state index contributed by atoms with van der Waals surface area (Å²) in [5, 5.41) is 19.4. The Hall–Kier alpha value is -2.40. The highest BCUT2D eigenvalue weighted by molar-refractivity contribution is 8.30. The summed E-state index contributed by atoms with van der Waals surface area (Å²) in [5.74, 6) is -0.891. The Morgan fingerprint density at radius 1 is 0.714 bits per heavy atom. The van der Waals surface area contributed by atoms with Crippen LogP contribution in [0.4, 0.5) is 11.4 Å². The molecule has 2 aromatic carbocycles. The summed E-state index contributed by atoms with van der Waals surface area (Å²) in [6.07, 6.45) is 0. The van der Waals surface area contributed by atoms with Crippen LogP contribution in [0.3, 0.4) is 0 Å². The van der Waals surface area contributed by atoms with Gasteiger partial charge in [-0.15, -0.1) is 0 Å². The first-order valence-corrected chi connectivity index (χ1v) is 10.3. The van der Waals surface area contributed by atoms with Gasteiger partial charge in [0.15, 0.2) is 8.64 Å². The normalized spacial score (nSPS) is 19.9. The van der Waals surface area contributed by atoms with Crippen molar-refractivity contribution in [3.05, 3.63) is 58.3 Å². The Balaban J connectivity index is 1.72. The van der Waals surface area contributed by atoms with Crippen molar-refractivity contribution in [1.82, 2.24) is 0 Å². The van der Waals surface area contributed by atoms with Crippen molar-refractivity contribution in [2.75, 3.05) is 9.80 Å². The van der Waals surface area contributed by atoms with Crippen molar-refractivity contribution < 1.29 is 19.8 Å². The van der Waals surface area contributed by atoms with Crippen LogP contribution in [0.15, 0.2) is 58.3 Å². The lowest BCUT2D eigenvalue weighted by Gasteiger charge is -2.15. The van der Waals surface area contributed by atoms with Crippen LogP contribution in [0.2, 0.25) is 0 Å². The first-order chi connectivity index (χ1) is 13.4. The molecule has 28 heavy (non-hydrogen) atoms. The maximum Gasteiger partial charge on any atom is 0.272 e. The number of rotatable bonds is 2. The molecule has 0 aromatic heterocycles. The minimum Gasteiger partial charge on any atom is -0.508 e.